The van der Waals surface area contributed by atoms with Crippen LogP contribution in [0.2, 0.25) is 0 Å². The minimum absolute atomic E-state index is 0.886. The van der Waals surface area contributed by atoms with Crippen molar-refractivity contribution in [1.82, 2.24) is 14.7 Å². The molecule has 3 heteroatoms. The van der Waals surface area contributed by atoms with Gasteiger partial charge in [-0.2, -0.15) is 0 Å². The number of hydrogen-bond donors (Lipinski definition) is 0. The van der Waals surface area contributed by atoms with E-state index in [1.165, 1.54) is 65.0 Å². The van der Waals surface area contributed by atoms with E-state index in [4.69, 9.17) is 0 Å². The van der Waals surface area contributed by atoms with Crippen LogP contribution in [0.15, 0.2) is 0 Å². The Morgan fingerprint density at radius 1 is 0.700 bits per heavy atom. The highest BCUT2D eigenvalue weighted by atomic mass is 15.3. The summed E-state index contributed by atoms with van der Waals surface area (Å²) in [5, 5.41) is 0. The first-order valence-electron chi connectivity index (χ1n) is 8.89. The van der Waals surface area contributed by atoms with Crippen LogP contribution in [0.3, 0.4) is 0 Å². The van der Waals surface area contributed by atoms with Crippen molar-refractivity contribution in [2.45, 2.75) is 58.5 Å². The van der Waals surface area contributed by atoms with Crippen LogP contribution in [0.5, 0.6) is 0 Å². The lowest BCUT2D eigenvalue weighted by Gasteiger charge is -2.51. The highest BCUT2D eigenvalue weighted by Crippen LogP contribution is 2.26. The third-order valence-corrected chi connectivity index (χ3v) is 5.43. The van der Waals surface area contributed by atoms with Gasteiger partial charge in [-0.05, 0) is 64.8 Å². The van der Waals surface area contributed by atoms with Crippen LogP contribution in [-0.4, -0.2) is 73.1 Å². The van der Waals surface area contributed by atoms with Crippen molar-refractivity contribution in [3.63, 3.8) is 0 Å². The third kappa shape index (κ3) is 3.96. The second-order valence-electron chi connectivity index (χ2n) is 6.86. The van der Waals surface area contributed by atoms with Crippen LogP contribution >= 0.6 is 0 Å². The van der Waals surface area contributed by atoms with E-state index in [9.17, 15) is 0 Å². The number of rotatable bonds is 2. The maximum Gasteiger partial charge on any atom is 0.0350 e. The molecule has 3 saturated heterocycles. The Labute approximate surface area is 126 Å². The maximum absolute atomic E-state index is 2.76. The van der Waals surface area contributed by atoms with Crippen LogP contribution < -0.4 is 0 Å². The number of hydrogen-bond acceptors (Lipinski definition) is 3. The summed E-state index contributed by atoms with van der Waals surface area (Å²) in [6, 6.07) is 1.78. The SMILES string of the molecule is CC.CC1CCN(C2CN(C3CCN(C)CC3)C2)CC1. The number of likely N-dealkylation sites (tertiary alicyclic amines) is 3. The van der Waals surface area contributed by atoms with Crippen molar-refractivity contribution >= 4 is 0 Å². The molecule has 0 unspecified atom stereocenters. The van der Waals surface area contributed by atoms with E-state index in [1.807, 2.05) is 13.8 Å². The van der Waals surface area contributed by atoms with Gasteiger partial charge in [-0.15, -0.1) is 0 Å². The first-order valence-corrected chi connectivity index (χ1v) is 8.89. The zero-order chi connectivity index (χ0) is 14.5. The summed E-state index contributed by atoms with van der Waals surface area (Å²) in [6.45, 7) is 14.4. The molecule has 3 heterocycles. The van der Waals surface area contributed by atoms with Crippen molar-refractivity contribution in [2.24, 2.45) is 5.92 Å². The molecule has 0 atom stereocenters. The van der Waals surface area contributed by atoms with Crippen molar-refractivity contribution in [1.29, 1.82) is 0 Å². The zero-order valence-corrected chi connectivity index (χ0v) is 14.1. The first-order chi connectivity index (χ1) is 9.72. The van der Waals surface area contributed by atoms with Gasteiger partial charge in [0, 0.05) is 25.2 Å². The molecular weight excluding hydrogens is 246 g/mol. The summed E-state index contributed by atoms with van der Waals surface area (Å²) in [7, 11) is 2.25. The minimum Gasteiger partial charge on any atom is -0.306 e. The number of piperidine rings is 2. The summed E-state index contributed by atoms with van der Waals surface area (Å²) < 4.78 is 0. The predicted octanol–water partition coefficient (Wildman–Crippen LogP) is 2.52. The molecule has 3 fully saturated rings. The van der Waals surface area contributed by atoms with Gasteiger partial charge in [-0.25, -0.2) is 0 Å². The summed E-state index contributed by atoms with van der Waals surface area (Å²) in [4.78, 5) is 7.97. The lowest BCUT2D eigenvalue weighted by molar-refractivity contribution is -0.0228. The highest BCUT2D eigenvalue weighted by Gasteiger charge is 2.37. The molecule has 3 rings (SSSR count). The molecule has 0 bridgehead atoms. The molecule has 0 radical (unpaired) electrons. The summed E-state index contributed by atoms with van der Waals surface area (Å²) in [5.74, 6) is 0.964. The molecule has 20 heavy (non-hydrogen) atoms. The minimum atomic E-state index is 0.886. The molecule has 0 spiro atoms. The lowest BCUT2D eigenvalue weighted by atomic mass is 9.93. The average molecular weight is 281 g/mol. The summed E-state index contributed by atoms with van der Waals surface area (Å²) in [5.41, 5.74) is 0. The standard InChI is InChI=1S/C15H29N3.C2H6/c1-13-3-9-17(10-4-13)15-11-18(12-15)14-5-7-16(2)8-6-14;1-2/h13-15H,3-12H2,1-2H3;1-2H3. The molecular formula is C17H35N3. The van der Waals surface area contributed by atoms with Crippen molar-refractivity contribution in [2.75, 3.05) is 46.3 Å². The Bertz CT molecular complexity index is 233. The second-order valence-corrected chi connectivity index (χ2v) is 6.86. The highest BCUT2D eigenvalue weighted by molar-refractivity contribution is 4.94. The average Bonchev–Trinajstić information content (AvgIpc) is 2.44. The van der Waals surface area contributed by atoms with Crippen LogP contribution in [0.25, 0.3) is 0 Å². The van der Waals surface area contributed by atoms with Gasteiger partial charge < -0.3 is 4.90 Å². The monoisotopic (exact) mass is 281 g/mol. The Kier molecular flexibility index (Phi) is 6.31. The quantitative estimate of drug-likeness (QED) is 0.770. The van der Waals surface area contributed by atoms with Crippen molar-refractivity contribution in [3.05, 3.63) is 0 Å². The molecule has 0 aromatic heterocycles. The van der Waals surface area contributed by atoms with Gasteiger partial charge in [-0.3, -0.25) is 9.80 Å². The second kappa shape index (κ2) is 7.77. The van der Waals surface area contributed by atoms with Gasteiger partial charge >= 0.3 is 0 Å². The summed E-state index contributed by atoms with van der Waals surface area (Å²) >= 11 is 0. The van der Waals surface area contributed by atoms with Gasteiger partial charge in [0.15, 0.2) is 0 Å². The fraction of sp³-hybridized carbons (Fsp3) is 1.00. The third-order valence-electron chi connectivity index (χ3n) is 5.43. The summed E-state index contributed by atoms with van der Waals surface area (Å²) in [6.07, 6.45) is 5.62. The van der Waals surface area contributed by atoms with Gasteiger partial charge in [-0.1, -0.05) is 20.8 Å². The molecule has 0 aromatic carbocycles. The van der Waals surface area contributed by atoms with E-state index >= 15 is 0 Å². The fourth-order valence-electron chi connectivity index (χ4n) is 3.77. The van der Waals surface area contributed by atoms with Gasteiger partial charge in [0.1, 0.15) is 0 Å². The largest absolute Gasteiger partial charge is 0.306 e. The van der Waals surface area contributed by atoms with Crippen LogP contribution in [-0.2, 0) is 0 Å². The lowest BCUT2D eigenvalue weighted by Crippen LogP contribution is -2.64. The number of nitrogens with zero attached hydrogens (tertiary/aromatic N) is 3. The topological polar surface area (TPSA) is 9.72 Å². The van der Waals surface area contributed by atoms with E-state index in [1.54, 1.807) is 0 Å². The predicted molar refractivity (Wildman–Crippen MR) is 87.2 cm³/mol. The molecule has 0 saturated carbocycles. The fourth-order valence-corrected chi connectivity index (χ4v) is 3.77. The molecule has 3 aliphatic heterocycles. The van der Waals surface area contributed by atoms with E-state index in [-0.39, 0.29) is 0 Å². The van der Waals surface area contributed by atoms with Crippen molar-refractivity contribution < 1.29 is 0 Å². The van der Waals surface area contributed by atoms with Gasteiger partial charge in [0.2, 0.25) is 0 Å². The van der Waals surface area contributed by atoms with Gasteiger partial charge in [0.05, 0.1) is 0 Å². The normalized spacial score (nSPS) is 28.8. The Hall–Kier alpha value is -0.120. The van der Waals surface area contributed by atoms with E-state index in [0.717, 1.165) is 18.0 Å². The van der Waals surface area contributed by atoms with Gasteiger partial charge in [0.25, 0.3) is 0 Å². The Balaban J connectivity index is 0.000000704. The van der Waals surface area contributed by atoms with Crippen LogP contribution in [0, 0.1) is 5.92 Å². The Morgan fingerprint density at radius 2 is 1.25 bits per heavy atom. The van der Waals surface area contributed by atoms with Crippen LogP contribution in [0.4, 0.5) is 0 Å². The molecule has 0 N–H and O–H groups in total. The van der Waals surface area contributed by atoms with E-state index < -0.39 is 0 Å². The molecule has 3 nitrogen and oxygen atoms in total. The molecule has 0 amide bonds. The zero-order valence-electron chi connectivity index (χ0n) is 14.1. The van der Waals surface area contributed by atoms with E-state index in [2.05, 4.69) is 28.7 Å². The molecule has 118 valence electrons. The van der Waals surface area contributed by atoms with Crippen LogP contribution in [0.1, 0.15) is 46.5 Å². The Morgan fingerprint density at radius 3 is 1.80 bits per heavy atom. The van der Waals surface area contributed by atoms with E-state index in [0.29, 0.717) is 0 Å². The molecule has 0 aromatic rings. The maximum atomic E-state index is 2.76. The molecule has 3 aliphatic rings. The first kappa shape index (κ1) is 16.3. The van der Waals surface area contributed by atoms with Crippen molar-refractivity contribution in [3.8, 4) is 0 Å². The smallest absolute Gasteiger partial charge is 0.0350 e. The molecule has 0 aliphatic carbocycles.